The smallest absolute Gasteiger partial charge is 0.222 e. The molecule has 0 amide bonds. The second-order valence-electron chi connectivity index (χ2n) is 7.79. The minimum absolute atomic E-state index is 0.232. The van der Waals surface area contributed by atoms with E-state index in [1.807, 2.05) is 29.8 Å². The third-order valence-electron chi connectivity index (χ3n) is 5.31. The molecular formula is C22H29N9O. The Morgan fingerprint density at radius 2 is 2.06 bits per heavy atom. The number of aryl methyl sites for hydroxylation is 2. The Bertz CT molecular complexity index is 1210. The predicted octanol–water partition coefficient (Wildman–Crippen LogP) is 3.70. The van der Waals surface area contributed by atoms with Crippen LogP contribution >= 0.6 is 0 Å². The van der Waals surface area contributed by atoms with Crippen molar-refractivity contribution >= 4 is 16.7 Å². The van der Waals surface area contributed by atoms with Crippen LogP contribution in [0.15, 0.2) is 24.4 Å². The molecule has 168 valence electrons. The number of nitrogens with one attached hydrogen (secondary N) is 1. The van der Waals surface area contributed by atoms with Crippen LogP contribution in [-0.2, 0) is 13.6 Å². The quantitative estimate of drug-likeness (QED) is 0.424. The summed E-state index contributed by atoms with van der Waals surface area (Å²) in [5.74, 6) is 1.19. The molecule has 0 bridgehead atoms. The van der Waals surface area contributed by atoms with Crippen LogP contribution in [0.4, 0.5) is 5.69 Å². The van der Waals surface area contributed by atoms with Gasteiger partial charge in [-0.15, -0.1) is 10.2 Å². The van der Waals surface area contributed by atoms with Crippen molar-refractivity contribution in [1.82, 2.24) is 40.0 Å². The van der Waals surface area contributed by atoms with Gasteiger partial charge in [-0.05, 0) is 50.1 Å². The molecule has 0 aliphatic rings. The first-order chi connectivity index (χ1) is 15.5. The molecule has 0 saturated carbocycles. The van der Waals surface area contributed by atoms with Crippen LogP contribution in [0.5, 0.6) is 5.88 Å². The second kappa shape index (κ2) is 9.29. The minimum Gasteiger partial charge on any atom is -0.477 e. The number of ether oxygens (including phenoxy) is 1. The second-order valence-corrected chi connectivity index (χ2v) is 7.79. The lowest BCUT2D eigenvalue weighted by Gasteiger charge is -2.15. The normalized spacial score (nSPS) is 12.3. The zero-order chi connectivity index (χ0) is 22.7. The number of pyridine rings is 2. The molecule has 4 heterocycles. The van der Waals surface area contributed by atoms with Gasteiger partial charge in [0.15, 0.2) is 5.82 Å². The number of hydrogen-bond donors (Lipinski definition) is 1. The van der Waals surface area contributed by atoms with Gasteiger partial charge in [0, 0.05) is 12.2 Å². The van der Waals surface area contributed by atoms with Crippen LogP contribution in [0.1, 0.15) is 51.2 Å². The van der Waals surface area contributed by atoms with Gasteiger partial charge >= 0.3 is 0 Å². The van der Waals surface area contributed by atoms with Gasteiger partial charge in [0.05, 0.1) is 42.8 Å². The lowest BCUT2D eigenvalue weighted by molar-refractivity contribution is 0.306. The molecule has 10 nitrogen and oxygen atoms in total. The van der Waals surface area contributed by atoms with Crippen molar-refractivity contribution in [3.63, 3.8) is 0 Å². The standard InChI is InChI=1S/C22H29N9O/c1-6-11-32-22-16(9-8-10-23-22)17-12-18(24-13-19-26-29-30(5)28-19)21-20(25-17)15(4)27-31(21)14(3)7-2/h8-10,12,14H,6-7,11,13H2,1-5H3,(H,24,25)/t14-/m0/s1. The van der Waals surface area contributed by atoms with Gasteiger partial charge in [-0.25, -0.2) is 9.97 Å². The van der Waals surface area contributed by atoms with Crippen molar-refractivity contribution in [2.24, 2.45) is 7.05 Å². The fourth-order valence-electron chi connectivity index (χ4n) is 3.51. The first-order valence-corrected chi connectivity index (χ1v) is 11.0. The Hall–Kier alpha value is -3.56. The zero-order valence-electron chi connectivity index (χ0n) is 19.2. The van der Waals surface area contributed by atoms with Gasteiger partial charge in [0.2, 0.25) is 5.88 Å². The van der Waals surface area contributed by atoms with Crippen LogP contribution in [0, 0.1) is 6.92 Å². The van der Waals surface area contributed by atoms with Crippen molar-refractivity contribution in [1.29, 1.82) is 0 Å². The van der Waals surface area contributed by atoms with E-state index in [2.05, 4.69) is 46.5 Å². The largest absolute Gasteiger partial charge is 0.477 e. The summed E-state index contributed by atoms with van der Waals surface area (Å²) >= 11 is 0. The number of anilines is 1. The monoisotopic (exact) mass is 435 g/mol. The summed E-state index contributed by atoms with van der Waals surface area (Å²) in [5, 5.41) is 20.6. The van der Waals surface area contributed by atoms with Crippen molar-refractivity contribution in [2.45, 2.75) is 53.1 Å². The number of fused-ring (bicyclic) bond motifs is 1. The topological polar surface area (TPSA) is 108 Å². The number of tetrazole rings is 1. The molecule has 0 aliphatic heterocycles. The molecular weight excluding hydrogens is 406 g/mol. The van der Waals surface area contributed by atoms with Crippen molar-refractivity contribution in [3.05, 3.63) is 35.9 Å². The molecule has 0 unspecified atom stereocenters. The molecule has 0 saturated heterocycles. The Kier molecular flexibility index (Phi) is 6.29. The Morgan fingerprint density at radius 3 is 2.78 bits per heavy atom. The maximum absolute atomic E-state index is 5.89. The van der Waals surface area contributed by atoms with Gasteiger partial charge in [-0.3, -0.25) is 4.68 Å². The third-order valence-corrected chi connectivity index (χ3v) is 5.31. The summed E-state index contributed by atoms with van der Waals surface area (Å²) in [6, 6.07) is 6.13. The Labute approximate surface area is 187 Å². The van der Waals surface area contributed by atoms with E-state index in [4.69, 9.17) is 14.8 Å². The van der Waals surface area contributed by atoms with E-state index in [1.165, 1.54) is 4.80 Å². The molecule has 0 aromatic carbocycles. The first-order valence-electron chi connectivity index (χ1n) is 11.0. The Balaban J connectivity index is 1.84. The van der Waals surface area contributed by atoms with E-state index in [0.717, 1.165) is 46.5 Å². The number of nitrogens with zero attached hydrogens (tertiary/aromatic N) is 8. The van der Waals surface area contributed by atoms with Crippen molar-refractivity contribution in [2.75, 3.05) is 11.9 Å². The van der Waals surface area contributed by atoms with Crippen LogP contribution in [0.3, 0.4) is 0 Å². The molecule has 10 heteroatoms. The fraction of sp³-hybridized carbons (Fsp3) is 0.455. The molecule has 4 aromatic rings. The SMILES string of the molecule is CCCOc1ncccc1-c1cc(NCc2nnn(C)n2)c2c(n1)c(C)nn2[C@@H](C)CC. The summed E-state index contributed by atoms with van der Waals surface area (Å²) in [6.45, 7) is 9.40. The molecule has 32 heavy (non-hydrogen) atoms. The van der Waals surface area contributed by atoms with Gasteiger partial charge in [0.25, 0.3) is 0 Å². The highest BCUT2D eigenvalue weighted by molar-refractivity contribution is 5.93. The lowest BCUT2D eigenvalue weighted by atomic mass is 10.1. The van der Waals surface area contributed by atoms with Gasteiger partial charge in [-0.1, -0.05) is 13.8 Å². The molecule has 4 rings (SSSR count). The molecule has 0 fully saturated rings. The fourth-order valence-corrected chi connectivity index (χ4v) is 3.51. The average molecular weight is 436 g/mol. The van der Waals surface area contributed by atoms with Crippen LogP contribution < -0.4 is 10.1 Å². The van der Waals surface area contributed by atoms with E-state index < -0.39 is 0 Å². The molecule has 0 aliphatic carbocycles. The van der Waals surface area contributed by atoms with Crippen LogP contribution in [-0.4, -0.2) is 46.6 Å². The molecule has 1 N–H and O–H groups in total. The summed E-state index contributed by atoms with van der Waals surface area (Å²) < 4.78 is 7.94. The van der Waals surface area contributed by atoms with E-state index >= 15 is 0 Å². The highest BCUT2D eigenvalue weighted by atomic mass is 16.5. The van der Waals surface area contributed by atoms with E-state index in [9.17, 15) is 0 Å². The number of hydrogen-bond acceptors (Lipinski definition) is 8. The van der Waals surface area contributed by atoms with Gasteiger partial charge in [-0.2, -0.15) is 9.90 Å². The zero-order valence-corrected chi connectivity index (χ0v) is 19.2. The summed E-state index contributed by atoms with van der Waals surface area (Å²) in [7, 11) is 1.75. The number of aromatic nitrogens is 8. The molecule has 0 spiro atoms. The van der Waals surface area contributed by atoms with Crippen LogP contribution in [0.25, 0.3) is 22.3 Å². The van der Waals surface area contributed by atoms with E-state index in [0.29, 0.717) is 24.9 Å². The lowest BCUT2D eigenvalue weighted by Crippen LogP contribution is -2.09. The predicted molar refractivity (Wildman–Crippen MR) is 122 cm³/mol. The summed E-state index contributed by atoms with van der Waals surface area (Å²) in [6.07, 6.45) is 3.60. The van der Waals surface area contributed by atoms with Gasteiger partial charge in [0.1, 0.15) is 11.0 Å². The van der Waals surface area contributed by atoms with Crippen molar-refractivity contribution in [3.8, 4) is 17.1 Å². The molecule has 1 atom stereocenters. The first kappa shape index (κ1) is 21.7. The third kappa shape index (κ3) is 4.25. The number of rotatable bonds is 9. The van der Waals surface area contributed by atoms with Crippen LogP contribution in [0.2, 0.25) is 0 Å². The summed E-state index contributed by atoms with van der Waals surface area (Å²) in [5.41, 5.74) is 5.22. The molecule has 0 radical (unpaired) electrons. The molecule has 4 aromatic heterocycles. The maximum atomic E-state index is 5.89. The highest BCUT2D eigenvalue weighted by Gasteiger charge is 2.20. The van der Waals surface area contributed by atoms with Crippen molar-refractivity contribution < 1.29 is 4.74 Å². The maximum Gasteiger partial charge on any atom is 0.222 e. The minimum atomic E-state index is 0.232. The average Bonchev–Trinajstić information content (AvgIpc) is 3.38. The highest BCUT2D eigenvalue weighted by Crippen LogP contribution is 2.35. The van der Waals surface area contributed by atoms with E-state index in [1.54, 1.807) is 13.2 Å². The summed E-state index contributed by atoms with van der Waals surface area (Å²) in [4.78, 5) is 10.9. The van der Waals surface area contributed by atoms with Gasteiger partial charge < -0.3 is 10.1 Å². The Morgan fingerprint density at radius 1 is 1.22 bits per heavy atom. The van der Waals surface area contributed by atoms with E-state index in [-0.39, 0.29) is 6.04 Å².